The van der Waals surface area contributed by atoms with E-state index in [1.54, 1.807) is 11.3 Å². The normalized spacial score (nSPS) is 11.1. The van der Waals surface area contributed by atoms with Crippen LogP contribution in [0.1, 0.15) is 18.9 Å². The molecule has 0 amide bonds. The van der Waals surface area contributed by atoms with Gasteiger partial charge in [-0.05, 0) is 12.1 Å². The molecule has 17 heavy (non-hydrogen) atoms. The van der Waals surface area contributed by atoms with Gasteiger partial charge in [-0.3, -0.25) is 0 Å². The topological polar surface area (TPSA) is 24.9 Å². The second-order valence-corrected chi connectivity index (χ2v) is 6.03. The molecule has 0 saturated carbocycles. The molecule has 2 rings (SSSR count). The van der Waals surface area contributed by atoms with Gasteiger partial charge >= 0.3 is 0 Å². The molecule has 1 heterocycles. The van der Waals surface area contributed by atoms with Gasteiger partial charge in [-0.25, -0.2) is 4.98 Å². The van der Waals surface area contributed by atoms with Gasteiger partial charge in [0.2, 0.25) is 0 Å². The van der Waals surface area contributed by atoms with Crippen molar-refractivity contribution >= 4 is 27.3 Å². The molecule has 0 unspecified atom stereocenters. The van der Waals surface area contributed by atoms with Gasteiger partial charge in [0.15, 0.2) is 0 Å². The third-order valence-electron chi connectivity index (χ3n) is 2.35. The highest BCUT2D eigenvalue weighted by molar-refractivity contribution is 9.10. The van der Waals surface area contributed by atoms with Gasteiger partial charge in [0.05, 0.1) is 5.69 Å². The zero-order valence-corrected chi connectivity index (χ0v) is 12.3. The van der Waals surface area contributed by atoms with Gasteiger partial charge in [-0.2, -0.15) is 0 Å². The van der Waals surface area contributed by atoms with Crippen LogP contribution < -0.4 is 5.32 Å². The number of nitrogens with one attached hydrogen (secondary N) is 1. The summed E-state index contributed by atoms with van der Waals surface area (Å²) in [6.07, 6.45) is 0. The van der Waals surface area contributed by atoms with Gasteiger partial charge < -0.3 is 5.32 Å². The van der Waals surface area contributed by atoms with E-state index in [1.165, 1.54) is 5.56 Å². The predicted molar refractivity (Wildman–Crippen MR) is 77.2 cm³/mol. The molecule has 0 aliphatic carbocycles. The van der Waals surface area contributed by atoms with E-state index < -0.39 is 0 Å². The first-order valence-electron chi connectivity index (χ1n) is 5.59. The van der Waals surface area contributed by atoms with Crippen molar-refractivity contribution < 1.29 is 0 Å². The molecule has 0 spiro atoms. The van der Waals surface area contributed by atoms with Crippen LogP contribution in [0.3, 0.4) is 0 Å². The summed E-state index contributed by atoms with van der Waals surface area (Å²) in [7, 11) is 0. The molecule has 2 nitrogen and oxygen atoms in total. The SMILES string of the molecule is CC(C)NCc1nc(-c2ccc(Br)cc2)cs1. The maximum Gasteiger partial charge on any atom is 0.107 e. The highest BCUT2D eigenvalue weighted by atomic mass is 79.9. The smallest absolute Gasteiger partial charge is 0.107 e. The Morgan fingerprint density at radius 2 is 2.00 bits per heavy atom. The number of aromatic nitrogens is 1. The number of hydrogen-bond donors (Lipinski definition) is 1. The molecule has 0 aliphatic rings. The summed E-state index contributed by atoms with van der Waals surface area (Å²) in [5, 5.41) is 6.62. The number of thiazole rings is 1. The monoisotopic (exact) mass is 310 g/mol. The molecule has 0 fully saturated rings. The Labute approximate surface area is 114 Å². The van der Waals surface area contributed by atoms with E-state index in [0.29, 0.717) is 6.04 Å². The Morgan fingerprint density at radius 1 is 1.29 bits per heavy atom. The van der Waals surface area contributed by atoms with Crippen molar-refractivity contribution in [3.8, 4) is 11.3 Å². The molecule has 1 N–H and O–H groups in total. The standard InChI is InChI=1S/C13H15BrN2S/c1-9(2)15-7-13-16-12(8-17-13)10-3-5-11(14)6-4-10/h3-6,8-9,15H,7H2,1-2H3. The maximum absolute atomic E-state index is 4.62. The number of rotatable bonds is 4. The highest BCUT2D eigenvalue weighted by Crippen LogP contribution is 2.23. The minimum atomic E-state index is 0.495. The Morgan fingerprint density at radius 3 is 2.65 bits per heavy atom. The third-order valence-corrected chi connectivity index (χ3v) is 3.73. The molecule has 0 atom stereocenters. The van der Waals surface area contributed by atoms with E-state index in [9.17, 15) is 0 Å². The van der Waals surface area contributed by atoms with Crippen LogP contribution in [-0.2, 0) is 6.54 Å². The molecule has 1 aromatic heterocycles. The maximum atomic E-state index is 4.62. The Hall–Kier alpha value is -0.710. The summed E-state index contributed by atoms with van der Waals surface area (Å²) >= 11 is 5.14. The second kappa shape index (κ2) is 5.76. The van der Waals surface area contributed by atoms with Gasteiger partial charge in [0.1, 0.15) is 5.01 Å². The Kier molecular flexibility index (Phi) is 4.31. The van der Waals surface area contributed by atoms with Crippen molar-refractivity contribution in [2.75, 3.05) is 0 Å². The van der Waals surface area contributed by atoms with E-state index in [0.717, 1.165) is 21.7 Å². The minimum absolute atomic E-state index is 0.495. The largest absolute Gasteiger partial charge is 0.308 e. The van der Waals surface area contributed by atoms with E-state index in [2.05, 4.69) is 57.6 Å². The first-order chi connectivity index (χ1) is 8.15. The van der Waals surface area contributed by atoms with Crippen LogP contribution in [0, 0.1) is 0 Å². The molecule has 0 saturated heterocycles. The van der Waals surface area contributed by atoms with Crippen molar-refractivity contribution in [1.29, 1.82) is 0 Å². The van der Waals surface area contributed by atoms with Gasteiger partial charge in [0, 0.05) is 28.0 Å². The lowest BCUT2D eigenvalue weighted by Gasteiger charge is -2.04. The highest BCUT2D eigenvalue weighted by Gasteiger charge is 2.04. The summed E-state index contributed by atoms with van der Waals surface area (Å²) in [6.45, 7) is 5.13. The predicted octanol–water partition coefficient (Wildman–Crippen LogP) is 4.07. The minimum Gasteiger partial charge on any atom is -0.308 e. The summed E-state index contributed by atoms with van der Waals surface area (Å²) in [6, 6.07) is 8.74. The van der Waals surface area contributed by atoms with Gasteiger partial charge in [-0.1, -0.05) is 41.9 Å². The fraction of sp³-hybridized carbons (Fsp3) is 0.308. The van der Waals surface area contributed by atoms with E-state index in [1.807, 2.05) is 12.1 Å². The fourth-order valence-corrected chi connectivity index (χ4v) is 2.46. The van der Waals surface area contributed by atoms with Crippen LogP contribution in [0.2, 0.25) is 0 Å². The van der Waals surface area contributed by atoms with Crippen molar-refractivity contribution in [2.45, 2.75) is 26.4 Å². The van der Waals surface area contributed by atoms with Crippen LogP contribution in [0.5, 0.6) is 0 Å². The lowest BCUT2D eigenvalue weighted by atomic mass is 10.2. The molecule has 0 bridgehead atoms. The van der Waals surface area contributed by atoms with Crippen molar-refractivity contribution in [1.82, 2.24) is 10.3 Å². The van der Waals surface area contributed by atoms with Crippen LogP contribution in [0.15, 0.2) is 34.1 Å². The number of halogens is 1. The molecule has 4 heteroatoms. The number of benzene rings is 1. The first kappa shape index (κ1) is 12.7. The lowest BCUT2D eigenvalue weighted by Crippen LogP contribution is -2.21. The average molecular weight is 311 g/mol. The molecule has 2 aromatic rings. The van der Waals surface area contributed by atoms with Gasteiger partial charge in [-0.15, -0.1) is 11.3 Å². The summed E-state index contributed by atoms with van der Waals surface area (Å²) < 4.78 is 1.10. The van der Waals surface area contributed by atoms with E-state index in [4.69, 9.17) is 0 Å². The number of nitrogens with zero attached hydrogens (tertiary/aromatic N) is 1. The van der Waals surface area contributed by atoms with E-state index in [-0.39, 0.29) is 0 Å². The Balaban J connectivity index is 2.10. The quantitative estimate of drug-likeness (QED) is 0.920. The molecule has 0 aliphatic heterocycles. The summed E-state index contributed by atoms with van der Waals surface area (Å²) in [5.74, 6) is 0. The van der Waals surface area contributed by atoms with Crippen LogP contribution >= 0.6 is 27.3 Å². The summed E-state index contributed by atoms with van der Waals surface area (Å²) in [5.41, 5.74) is 2.23. The van der Waals surface area contributed by atoms with Crippen LogP contribution in [0.25, 0.3) is 11.3 Å². The van der Waals surface area contributed by atoms with Crippen molar-refractivity contribution in [2.24, 2.45) is 0 Å². The van der Waals surface area contributed by atoms with Crippen LogP contribution in [-0.4, -0.2) is 11.0 Å². The van der Waals surface area contributed by atoms with E-state index >= 15 is 0 Å². The Bertz CT molecular complexity index is 476. The molecular formula is C13H15BrN2S. The fourth-order valence-electron chi connectivity index (χ4n) is 1.44. The zero-order valence-electron chi connectivity index (χ0n) is 9.90. The molecular weight excluding hydrogens is 296 g/mol. The van der Waals surface area contributed by atoms with Crippen LogP contribution in [0.4, 0.5) is 0 Å². The molecule has 0 radical (unpaired) electrons. The second-order valence-electron chi connectivity index (χ2n) is 4.17. The van der Waals surface area contributed by atoms with Crippen molar-refractivity contribution in [3.63, 3.8) is 0 Å². The number of hydrogen-bond acceptors (Lipinski definition) is 3. The molecule has 1 aromatic carbocycles. The lowest BCUT2D eigenvalue weighted by molar-refractivity contribution is 0.587. The molecule has 90 valence electrons. The average Bonchev–Trinajstić information content (AvgIpc) is 2.76. The first-order valence-corrected chi connectivity index (χ1v) is 7.26. The zero-order chi connectivity index (χ0) is 12.3. The third kappa shape index (κ3) is 3.63. The summed E-state index contributed by atoms with van der Waals surface area (Å²) in [4.78, 5) is 4.62. The van der Waals surface area contributed by atoms with Crippen molar-refractivity contribution in [3.05, 3.63) is 39.1 Å². The van der Waals surface area contributed by atoms with Gasteiger partial charge in [0.25, 0.3) is 0 Å².